The zero-order chi connectivity index (χ0) is 13.9. The molecule has 0 aliphatic rings. The molecular formula is C18H14O2. The third kappa shape index (κ3) is 2.16. The highest BCUT2D eigenvalue weighted by Gasteiger charge is 2.12. The molecule has 2 nitrogen and oxygen atoms in total. The van der Waals surface area contributed by atoms with Gasteiger partial charge in [-0.05, 0) is 17.5 Å². The first kappa shape index (κ1) is 12.4. The molecule has 0 fully saturated rings. The highest BCUT2D eigenvalue weighted by Crippen LogP contribution is 2.28. The van der Waals surface area contributed by atoms with Gasteiger partial charge in [0.05, 0.1) is 7.11 Å². The van der Waals surface area contributed by atoms with Crippen LogP contribution in [0.3, 0.4) is 0 Å². The maximum atomic E-state index is 12.5. The fourth-order valence-corrected chi connectivity index (χ4v) is 2.33. The molecule has 0 amide bonds. The van der Waals surface area contributed by atoms with E-state index in [1.54, 1.807) is 13.2 Å². The van der Waals surface area contributed by atoms with Crippen molar-refractivity contribution in [1.29, 1.82) is 0 Å². The normalized spacial score (nSPS) is 10.4. The van der Waals surface area contributed by atoms with Crippen molar-refractivity contribution < 1.29 is 9.53 Å². The highest BCUT2D eigenvalue weighted by atomic mass is 16.5. The molecule has 0 spiro atoms. The largest absolute Gasteiger partial charge is 0.496 e. The summed E-state index contributed by atoms with van der Waals surface area (Å²) in [6, 6.07) is 20.9. The van der Waals surface area contributed by atoms with Crippen molar-refractivity contribution in [2.45, 2.75) is 0 Å². The van der Waals surface area contributed by atoms with E-state index in [-0.39, 0.29) is 5.78 Å². The Morgan fingerprint density at radius 3 is 2.30 bits per heavy atom. The summed E-state index contributed by atoms with van der Waals surface area (Å²) < 4.78 is 5.40. The van der Waals surface area contributed by atoms with Gasteiger partial charge in [0.15, 0.2) is 5.78 Å². The first-order valence-corrected chi connectivity index (χ1v) is 6.46. The Hall–Kier alpha value is -2.61. The van der Waals surface area contributed by atoms with Crippen molar-refractivity contribution in [3.63, 3.8) is 0 Å². The van der Waals surface area contributed by atoms with Gasteiger partial charge in [-0.25, -0.2) is 0 Å². The maximum Gasteiger partial charge on any atom is 0.193 e. The topological polar surface area (TPSA) is 26.3 Å². The van der Waals surface area contributed by atoms with Crippen LogP contribution in [0.4, 0.5) is 0 Å². The SMILES string of the molecule is COc1cc(C(=O)c2ccccc2)cc2ccccc12. The van der Waals surface area contributed by atoms with Crippen LogP contribution in [0.15, 0.2) is 66.7 Å². The molecule has 0 bridgehead atoms. The van der Waals surface area contributed by atoms with Gasteiger partial charge in [-0.3, -0.25) is 4.79 Å². The Kier molecular flexibility index (Phi) is 3.21. The molecule has 3 aromatic rings. The number of hydrogen-bond acceptors (Lipinski definition) is 2. The van der Waals surface area contributed by atoms with Gasteiger partial charge in [-0.1, -0.05) is 54.6 Å². The van der Waals surface area contributed by atoms with Crippen LogP contribution >= 0.6 is 0 Å². The number of ketones is 1. The molecule has 0 saturated carbocycles. The number of benzene rings is 3. The number of rotatable bonds is 3. The van der Waals surface area contributed by atoms with Crippen molar-refractivity contribution >= 4 is 16.6 Å². The summed E-state index contributed by atoms with van der Waals surface area (Å²) in [5.74, 6) is 0.733. The van der Waals surface area contributed by atoms with Gasteiger partial charge < -0.3 is 4.74 Å². The van der Waals surface area contributed by atoms with Crippen molar-refractivity contribution in [3.05, 3.63) is 77.9 Å². The maximum absolute atomic E-state index is 12.5. The molecular weight excluding hydrogens is 248 g/mol. The summed E-state index contributed by atoms with van der Waals surface area (Å²) in [5.41, 5.74) is 1.33. The van der Waals surface area contributed by atoms with Crippen LogP contribution in [-0.4, -0.2) is 12.9 Å². The summed E-state index contributed by atoms with van der Waals surface area (Å²) in [7, 11) is 1.62. The lowest BCUT2D eigenvalue weighted by atomic mass is 9.99. The minimum atomic E-state index is 0.00894. The second kappa shape index (κ2) is 5.17. The zero-order valence-electron chi connectivity index (χ0n) is 11.2. The Morgan fingerprint density at radius 1 is 0.850 bits per heavy atom. The molecule has 2 heteroatoms. The van der Waals surface area contributed by atoms with Crippen LogP contribution < -0.4 is 4.74 Å². The fraction of sp³-hybridized carbons (Fsp3) is 0.0556. The lowest BCUT2D eigenvalue weighted by Gasteiger charge is -2.09. The van der Waals surface area contributed by atoms with Gasteiger partial charge in [-0.2, -0.15) is 0 Å². The number of hydrogen-bond donors (Lipinski definition) is 0. The molecule has 0 aliphatic carbocycles. The van der Waals surface area contributed by atoms with Crippen molar-refractivity contribution in [3.8, 4) is 5.75 Å². The molecule has 0 heterocycles. The third-order valence-electron chi connectivity index (χ3n) is 3.34. The van der Waals surface area contributed by atoms with Gasteiger partial charge in [0, 0.05) is 16.5 Å². The summed E-state index contributed by atoms with van der Waals surface area (Å²) in [6.45, 7) is 0. The second-order valence-electron chi connectivity index (χ2n) is 4.59. The Morgan fingerprint density at radius 2 is 1.55 bits per heavy atom. The number of carbonyl (C=O) groups is 1. The first-order chi connectivity index (χ1) is 9.79. The Labute approximate surface area is 117 Å². The summed E-state index contributed by atoms with van der Waals surface area (Å²) in [5, 5.41) is 2.02. The smallest absolute Gasteiger partial charge is 0.193 e. The van der Waals surface area contributed by atoms with Gasteiger partial charge in [0.2, 0.25) is 0 Å². The highest BCUT2D eigenvalue weighted by molar-refractivity contribution is 6.11. The fourth-order valence-electron chi connectivity index (χ4n) is 2.33. The van der Waals surface area contributed by atoms with E-state index in [0.29, 0.717) is 11.1 Å². The van der Waals surface area contributed by atoms with Gasteiger partial charge in [0.1, 0.15) is 5.75 Å². The molecule has 3 rings (SSSR count). The molecule has 98 valence electrons. The lowest BCUT2D eigenvalue weighted by molar-refractivity contribution is 0.103. The molecule has 0 atom stereocenters. The first-order valence-electron chi connectivity index (χ1n) is 6.46. The molecule has 20 heavy (non-hydrogen) atoms. The lowest BCUT2D eigenvalue weighted by Crippen LogP contribution is -2.01. The van der Waals surface area contributed by atoms with Crippen LogP contribution in [0.5, 0.6) is 5.75 Å². The van der Waals surface area contributed by atoms with E-state index in [0.717, 1.165) is 16.5 Å². The Bertz CT molecular complexity index is 761. The second-order valence-corrected chi connectivity index (χ2v) is 4.59. The zero-order valence-corrected chi connectivity index (χ0v) is 11.2. The van der Waals surface area contributed by atoms with Gasteiger partial charge >= 0.3 is 0 Å². The van der Waals surface area contributed by atoms with E-state index < -0.39 is 0 Å². The summed E-state index contributed by atoms with van der Waals surface area (Å²) >= 11 is 0. The summed E-state index contributed by atoms with van der Waals surface area (Å²) in [6.07, 6.45) is 0. The van der Waals surface area contributed by atoms with E-state index in [9.17, 15) is 4.79 Å². The van der Waals surface area contributed by atoms with Crippen molar-refractivity contribution in [2.24, 2.45) is 0 Å². The number of fused-ring (bicyclic) bond motifs is 1. The van der Waals surface area contributed by atoms with E-state index in [4.69, 9.17) is 4.74 Å². The van der Waals surface area contributed by atoms with Crippen molar-refractivity contribution in [2.75, 3.05) is 7.11 Å². The molecule has 0 aliphatic heterocycles. The van der Waals surface area contributed by atoms with Crippen molar-refractivity contribution in [1.82, 2.24) is 0 Å². The monoisotopic (exact) mass is 262 g/mol. The van der Waals surface area contributed by atoms with Crippen LogP contribution in [0.1, 0.15) is 15.9 Å². The van der Waals surface area contributed by atoms with Gasteiger partial charge in [0.25, 0.3) is 0 Å². The van der Waals surface area contributed by atoms with E-state index in [2.05, 4.69) is 0 Å². The van der Waals surface area contributed by atoms with E-state index >= 15 is 0 Å². The third-order valence-corrected chi connectivity index (χ3v) is 3.34. The minimum Gasteiger partial charge on any atom is -0.496 e. The summed E-state index contributed by atoms with van der Waals surface area (Å²) in [4.78, 5) is 12.5. The molecule has 0 saturated heterocycles. The molecule has 3 aromatic carbocycles. The Balaban J connectivity index is 2.15. The van der Waals surface area contributed by atoms with Crippen LogP contribution in [0.25, 0.3) is 10.8 Å². The average molecular weight is 262 g/mol. The predicted molar refractivity (Wildman–Crippen MR) is 80.4 cm³/mol. The minimum absolute atomic E-state index is 0.00894. The van der Waals surface area contributed by atoms with Crippen LogP contribution in [0.2, 0.25) is 0 Å². The van der Waals surface area contributed by atoms with Crippen LogP contribution in [0, 0.1) is 0 Å². The molecule has 0 radical (unpaired) electrons. The molecule has 0 aromatic heterocycles. The van der Waals surface area contributed by atoms with Crippen LogP contribution in [-0.2, 0) is 0 Å². The average Bonchev–Trinajstić information content (AvgIpc) is 2.54. The van der Waals surface area contributed by atoms with E-state index in [1.165, 1.54) is 0 Å². The van der Waals surface area contributed by atoms with E-state index in [1.807, 2.05) is 60.7 Å². The molecule has 0 unspecified atom stereocenters. The molecule has 0 N–H and O–H groups in total. The number of carbonyl (C=O) groups excluding carboxylic acids is 1. The number of methoxy groups -OCH3 is 1. The predicted octanol–water partition coefficient (Wildman–Crippen LogP) is 4.08. The standard InChI is InChI=1S/C18H14O2/c1-20-17-12-15(11-14-9-5-6-10-16(14)17)18(19)13-7-3-2-4-8-13/h2-12H,1H3. The number of ether oxygens (including phenoxy) is 1. The quantitative estimate of drug-likeness (QED) is 0.665. The van der Waals surface area contributed by atoms with Gasteiger partial charge in [-0.15, -0.1) is 0 Å².